The van der Waals surface area contributed by atoms with E-state index in [0.29, 0.717) is 11.5 Å². The zero-order valence-electron chi connectivity index (χ0n) is 15.7. The van der Waals surface area contributed by atoms with Gasteiger partial charge in [-0.2, -0.15) is 0 Å². The van der Waals surface area contributed by atoms with Gasteiger partial charge in [0.1, 0.15) is 11.5 Å². The van der Waals surface area contributed by atoms with Gasteiger partial charge in [-0.25, -0.2) is 0 Å². The van der Waals surface area contributed by atoms with Crippen LogP contribution >= 0.6 is 0 Å². The van der Waals surface area contributed by atoms with Gasteiger partial charge in [-0.15, -0.1) is 0 Å². The van der Waals surface area contributed by atoms with Crippen molar-refractivity contribution < 1.29 is 10.2 Å². The molecule has 0 bridgehead atoms. The van der Waals surface area contributed by atoms with Crippen molar-refractivity contribution in [3.8, 4) is 11.5 Å². The molecule has 0 amide bonds. The Morgan fingerprint density at radius 2 is 1.19 bits per heavy atom. The fraction of sp³-hybridized carbons (Fsp3) is 0.333. The highest BCUT2D eigenvalue weighted by Gasteiger charge is 2.36. The Balaban J connectivity index is 2.17. The van der Waals surface area contributed by atoms with Gasteiger partial charge in [-0.05, 0) is 62.1 Å². The molecule has 0 saturated heterocycles. The predicted molar refractivity (Wildman–Crippen MR) is 109 cm³/mol. The Morgan fingerprint density at radius 3 is 1.62 bits per heavy atom. The zero-order chi connectivity index (χ0) is 18.6. The summed E-state index contributed by atoms with van der Waals surface area (Å²) < 4.78 is 0. The summed E-state index contributed by atoms with van der Waals surface area (Å²) in [6, 6.07) is 12.0. The molecule has 0 aliphatic heterocycles. The van der Waals surface area contributed by atoms with E-state index in [9.17, 15) is 10.2 Å². The normalized spacial score (nSPS) is 17.2. The summed E-state index contributed by atoms with van der Waals surface area (Å²) in [4.78, 5) is 0. The van der Waals surface area contributed by atoms with Crippen molar-refractivity contribution in [3.05, 3.63) is 70.8 Å². The monoisotopic (exact) mass is 348 g/mol. The summed E-state index contributed by atoms with van der Waals surface area (Å²) in [6.07, 6.45) is 13.7. The maximum absolute atomic E-state index is 10.2. The Labute approximate surface area is 156 Å². The van der Waals surface area contributed by atoms with Crippen molar-refractivity contribution in [3.63, 3.8) is 0 Å². The zero-order valence-corrected chi connectivity index (χ0v) is 15.7. The van der Waals surface area contributed by atoms with E-state index in [1.807, 2.05) is 50.3 Å². The minimum absolute atomic E-state index is 0.0632. The molecule has 0 unspecified atom stereocenters. The number of phenols is 2. The van der Waals surface area contributed by atoms with Crippen molar-refractivity contribution in [1.29, 1.82) is 0 Å². The number of hydrogen-bond donors (Lipinski definition) is 2. The van der Waals surface area contributed by atoms with Crippen LogP contribution in [0.3, 0.4) is 0 Å². The maximum Gasteiger partial charge on any atom is 0.122 e. The molecule has 3 rings (SSSR count). The molecule has 1 fully saturated rings. The molecular formula is C24H28O2. The van der Waals surface area contributed by atoms with Crippen molar-refractivity contribution in [2.75, 3.05) is 0 Å². The van der Waals surface area contributed by atoms with Crippen LogP contribution in [0, 0.1) is 0 Å². The first-order valence-corrected chi connectivity index (χ1v) is 9.53. The van der Waals surface area contributed by atoms with Gasteiger partial charge in [0, 0.05) is 16.5 Å². The predicted octanol–water partition coefficient (Wildman–Crippen LogP) is 6.41. The Bertz CT molecular complexity index is 761. The summed E-state index contributed by atoms with van der Waals surface area (Å²) in [7, 11) is 0. The van der Waals surface area contributed by atoms with Gasteiger partial charge in [-0.1, -0.05) is 55.7 Å². The molecule has 0 heterocycles. The van der Waals surface area contributed by atoms with Gasteiger partial charge in [0.05, 0.1) is 0 Å². The van der Waals surface area contributed by atoms with E-state index in [2.05, 4.69) is 24.3 Å². The van der Waals surface area contributed by atoms with Gasteiger partial charge in [0.2, 0.25) is 0 Å². The number of benzene rings is 2. The van der Waals surface area contributed by atoms with Gasteiger partial charge in [0.25, 0.3) is 0 Å². The highest BCUT2D eigenvalue weighted by molar-refractivity contribution is 5.62. The van der Waals surface area contributed by atoms with E-state index in [0.717, 1.165) is 24.0 Å². The molecule has 136 valence electrons. The standard InChI is InChI=1S/C24H28O2/c1-3-8-18-16-20(10-12-22(18)25)24(14-6-5-7-15-24)21-11-13-23(26)19(17-21)9-4-2/h3-4,8-13,16-17,25-26H,5-7,14-15H2,1-2H3. The van der Waals surface area contributed by atoms with Gasteiger partial charge >= 0.3 is 0 Å². The molecule has 1 aliphatic rings. The molecule has 1 saturated carbocycles. The van der Waals surface area contributed by atoms with Crippen LogP contribution in [-0.4, -0.2) is 10.2 Å². The first-order valence-electron chi connectivity index (χ1n) is 9.53. The van der Waals surface area contributed by atoms with E-state index in [1.165, 1.54) is 30.4 Å². The van der Waals surface area contributed by atoms with E-state index in [1.54, 1.807) is 0 Å². The largest absolute Gasteiger partial charge is 0.507 e. The van der Waals surface area contributed by atoms with Gasteiger partial charge < -0.3 is 10.2 Å². The van der Waals surface area contributed by atoms with Crippen LogP contribution in [0.5, 0.6) is 11.5 Å². The molecule has 26 heavy (non-hydrogen) atoms. The summed E-state index contributed by atoms with van der Waals surface area (Å²) in [5.41, 5.74) is 4.16. The van der Waals surface area contributed by atoms with Crippen molar-refractivity contribution in [1.82, 2.24) is 0 Å². The molecule has 2 aromatic rings. The quantitative estimate of drug-likeness (QED) is 0.670. The second kappa shape index (κ2) is 7.82. The number of rotatable bonds is 4. The van der Waals surface area contributed by atoms with E-state index < -0.39 is 0 Å². The molecule has 1 aliphatic carbocycles. The third kappa shape index (κ3) is 3.41. The third-order valence-electron chi connectivity index (χ3n) is 5.56. The highest BCUT2D eigenvalue weighted by Crippen LogP contribution is 2.46. The lowest BCUT2D eigenvalue weighted by molar-refractivity contribution is 0.345. The van der Waals surface area contributed by atoms with Crippen LogP contribution in [0.4, 0.5) is 0 Å². The smallest absolute Gasteiger partial charge is 0.122 e. The maximum atomic E-state index is 10.2. The number of allylic oxidation sites excluding steroid dienone is 2. The molecule has 2 N–H and O–H groups in total. The SMILES string of the molecule is CC=Cc1cc(C2(c3ccc(O)c(C=CC)c3)CCCCC2)ccc1O. The topological polar surface area (TPSA) is 40.5 Å². The van der Waals surface area contributed by atoms with Crippen LogP contribution in [0.2, 0.25) is 0 Å². The fourth-order valence-electron chi connectivity index (χ4n) is 4.23. The van der Waals surface area contributed by atoms with Crippen molar-refractivity contribution in [2.45, 2.75) is 51.4 Å². The van der Waals surface area contributed by atoms with Gasteiger partial charge in [0.15, 0.2) is 0 Å². The molecule has 0 spiro atoms. The summed E-state index contributed by atoms with van der Waals surface area (Å²) in [5, 5.41) is 20.4. The number of aromatic hydroxyl groups is 2. The third-order valence-corrected chi connectivity index (χ3v) is 5.56. The molecule has 2 aromatic carbocycles. The summed E-state index contributed by atoms with van der Waals surface area (Å²) in [5.74, 6) is 0.635. The van der Waals surface area contributed by atoms with Crippen molar-refractivity contribution in [2.24, 2.45) is 0 Å². The molecule has 2 nitrogen and oxygen atoms in total. The summed E-state index contributed by atoms with van der Waals surface area (Å²) >= 11 is 0. The Kier molecular flexibility index (Phi) is 5.51. The molecule has 0 radical (unpaired) electrons. The second-order valence-electron chi connectivity index (χ2n) is 7.19. The van der Waals surface area contributed by atoms with E-state index in [4.69, 9.17) is 0 Å². The Morgan fingerprint density at radius 1 is 0.731 bits per heavy atom. The highest BCUT2D eigenvalue weighted by atomic mass is 16.3. The average molecular weight is 348 g/mol. The lowest BCUT2D eigenvalue weighted by atomic mass is 9.65. The van der Waals surface area contributed by atoms with Crippen LogP contribution in [-0.2, 0) is 5.41 Å². The first kappa shape index (κ1) is 18.3. The minimum atomic E-state index is -0.0632. The number of hydrogen-bond acceptors (Lipinski definition) is 2. The molecule has 0 aromatic heterocycles. The minimum Gasteiger partial charge on any atom is -0.507 e. The average Bonchev–Trinajstić information content (AvgIpc) is 2.66. The summed E-state index contributed by atoms with van der Waals surface area (Å²) in [6.45, 7) is 3.93. The lowest BCUT2D eigenvalue weighted by Crippen LogP contribution is -2.30. The van der Waals surface area contributed by atoms with E-state index in [-0.39, 0.29) is 5.41 Å². The number of phenolic OH excluding ortho intramolecular Hbond substituents is 2. The van der Waals surface area contributed by atoms with Crippen molar-refractivity contribution >= 4 is 12.2 Å². The molecule has 0 atom stereocenters. The molecular weight excluding hydrogens is 320 g/mol. The lowest BCUT2D eigenvalue weighted by Gasteiger charge is -2.39. The first-order chi connectivity index (χ1) is 12.6. The fourth-order valence-corrected chi connectivity index (χ4v) is 4.23. The van der Waals surface area contributed by atoms with Crippen LogP contribution < -0.4 is 0 Å². The second-order valence-corrected chi connectivity index (χ2v) is 7.19. The van der Waals surface area contributed by atoms with E-state index >= 15 is 0 Å². The van der Waals surface area contributed by atoms with Crippen LogP contribution in [0.1, 0.15) is 68.2 Å². The molecule has 2 heteroatoms. The Hall–Kier alpha value is -2.48. The van der Waals surface area contributed by atoms with Crippen LogP contribution in [0.25, 0.3) is 12.2 Å². The van der Waals surface area contributed by atoms with Crippen LogP contribution in [0.15, 0.2) is 48.6 Å². The van der Waals surface area contributed by atoms with Gasteiger partial charge in [-0.3, -0.25) is 0 Å².